The Morgan fingerprint density at radius 1 is 1.28 bits per heavy atom. The van der Waals surface area contributed by atoms with E-state index in [4.69, 9.17) is 5.41 Å². The molecule has 2 aromatic rings. The van der Waals surface area contributed by atoms with Crippen molar-refractivity contribution < 1.29 is 0 Å². The van der Waals surface area contributed by atoms with Crippen molar-refractivity contribution in [2.75, 3.05) is 3.13 Å². The van der Waals surface area contributed by atoms with Crippen molar-refractivity contribution in [3.05, 3.63) is 53.9 Å². The van der Waals surface area contributed by atoms with Gasteiger partial charge < -0.3 is 0 Å². The van der Waals surface area contributed by atoms with Crippen molar-refractivity contribution in [1.29, 1.82) is 5.41 Å². The van der Waals surface area contributed by atoms with Gasteiger partial charge in [-0.15, -0.1) is 0 Å². The predicted octanol–water partition coefficient (Wildman–Crippen LogP) is 2.33. The number of hydrogen-bond acceptors (Lipinski definition) is 4. The average molecular weight is 428 g/mol. The number of benzene rings is 1. The number of hydrogen-bond donors (Lipinski definition) is 2. The van der Waals surface area contributed by atoms with Gasteiger partial charge in [0, 0.05) is 0 Å². The number of anilines is 1. The first-order valence-corrected chi connectivity index (χ1v) is 7.57. The van der Waals surface area contributed by atoms with Gasteiger partial charge in [0.1, 0.15) is 0 Å². The molecule has 1 heterocycles. The average Bonchev–Trinajstić information content (AvgIpc) is 2.46. The second-order valence-corrected chi connectivity index (χ2v) is 4.77. The topological polar surface area (TPSA) is 61.1 Å². The van der Waals surface area contributed by atoms with E-state index < -0.39 is 0 Å². The van der Waals surface area contributed by atoms with Crippen LogP contribution in [0.25, 0.3) is 0 Å². The van der Waals surface area contributed by atoms with Crippen molar-refractivity contribution in [3.63, 3.8) is 0 Å². The summed E-state index contributed by atoms with van der Waals surface area (Å²) in [5.41, 5.74) is 3.88. The molecule has 2 rings (SSSR count). The zero-order chi connectivity index (χ0) is 13.0. The molecule has 0 atom stereocenters. The number of aliphatic imine (C=N–C) groups is 1. The third kappa shape index (κ3) is 2.64. The molecule has 4 nitrogen and oxygen atoms in total. The summed E-state index contributed by atoms with van der Waals surface area (Å²) in [6.07, 6.45) is 3.38. The van der Waals surface area contributed by atoms with E-state index in [9.17, 15) is 0 Å². The van der Waals surface area contributed by atoms with Crippen LogP contribution in [-0.4, -0.2) is 43.5 Å². The van der Waals surface area contributed by atoms with Gasteiger partial charge in [-0.25, -0.2) is 0 Å². The molecule has 5 heteroatoms. The quantitative estimate of drug-likeness (QED) is 0.581. The Morgan fingerprint density at radius 3 is 2.61 bits per heavy atom. The number of nitrogens with one attached hydrogen (secondary N) is 2. The van der Waals surface area contributed by atoms with Crippen LogP contribution in [0.1, 0.15) is 11.1 Å². The zero-order valence-electron chi connectivity index (χ0n) is 9.72. The number of pyridine rings is 1. The number of nitrogens with zero attached hydrogens (tertiary/aromatic N) is 2. The molecule has 1 aromatic carbocycles. The molecule has 0 spiro atoms. The SMILES string of the molecule is C=Nc1ccc([NH][Tl])c(C(=N)c2ccncc2)c1. The van der Waals surface area contributed by atoms with Crippen LogP contribution in [0.3, 0.4) is 0 Å². The summed E-state index contributed by atoms with van der Waals surface area (Å²) in [5, 5.41) is 8.28. The van der Waals surface area contributed by atoms with E-state index in [2.05, 4.69) is 19.8 Å². The molecule has 0 fully saturated rings. The third-order valence-electron chi connectivity index (χ3n) is 2.58. The van der Waals surface area contributed by atoms with Crippen LogP contribution in [0.4, 0.5) is 11.4 Å². The Bertz CT molecular complexity index is 581. The second-order valence-electron chi connectivity index (χ2n) is 3.64. The second kappa shape index (κ2) is 5.85. The van der Waals surface area contributed by atoms with Gasteiger partial charge in [-0.1, -0.05) is 0 Å². The molecule has 0 amide bonds. The summed E-state index contributed by atoms with van der Waals surface area (Å²) in [7, 11) is 0. The van der Waals surface area contributed by atoms with Crippen LogP contribution >= 0.6 is 0 Å². The molecule has 0 aliphatic carbocycles. The molecule has 0 aliphatic rings. The molecular weight excluding hydrogens is 417 g/mol. The van der Waals surface area contributed by atoms with Gasteiger partial charge >= 0.3 is 122 Å². The van der Waals surface area contributed by atoms with Gasteiger partial charge in [0.25, 0.3) is 0 Å². The molecule has 86 valence electrons. The summed E-state index contributed by atoms with van der Waals surface area (Å²) in [6.45, 7) is 3.52. The van der Waals surface area contributed by atoms with E-state index in [0.29, 0.717) is 31.8 Å². The monoisotopic (exact) mass is 428 g/mol. The molecule has 2 N–H and O–H groups in total. The first kappa shape index (κ1) is 12.9. The van der Waals surface area contributed by atoms with Crippen molar-refractivity contribution in [3.8, 4) is 0 Å². The van der Waals surface area contributed by atoms with Crippen molar-refractivity contribution in [1.82, 2.24) is 4.98 Å². The summed E-state index contributed by atoms with van der Waals surface area (Å²) in [5.74, 6) is 0. The van der Waals surface area contributed by atoms with Crippen LogP contribution < -0.4 is 3.13 Å². The van der Waals surface area contributed by atoms with Crippen molar-refractivity contribution >= 4 is 49.9 Å². The Balaban J connectivity index is 2.49. The molecular formula is C13H11N4Tl. The number of rotatable bonds is 4. The van der Waals surface area contributed by atoms with Crippen LogP contribution in [0.5, 0.6) is 0 Å². The van der Waals surface area contributed by atoms with E-state index in [1.165, 1.54) is 0 Å². The molecule has 0 saturated carbocycles. The Kier molecular flexibility index (Phi) is 4.19. The van der Waals surface area contributed by atoms with Crippen molar-refractivity contribution in [2.45, 2.75) is 0 Å². The van der Waals surface area contributed by atoms with Gasteiger partial charge in [0.05, 0.1) is 0 Å². The molecule has 0 aliphatic heterocycles. The fraction of sp³-hybridized carbons (Fsp3) is 0. The fourth-order valence-electron chi connectivity index (χ4n) is 1.64. The van der Waals surface area contributed by atoms with Gasteiger partial charge in [-0.3, -0.25) is 0 Å². The zero-order valence-corrected chi connectivity index (χ0v) is 14.2. The molecule has 1 aromatic heterocycles. The van der Waals surface area contributed by atoms with Crippen LogP contribution in [-0.2, 0) is 0 Å². The minimum atomic E-state index is 0.464. The Morgan fingerprint density at radius 2 is 2.00 bits per heavy atom. The maximum absolute atomic E-state index is 8.28. The van der Waals surface area contributed by atoms with Gasteiger partial charge in [-0.2, -0.15) is 0 Å². The summed E-state index contributed by atoms with van der Waals surface area (Å²) < 4.78 is 3.25. The molecule has 0 unspecified atom stereocenters. The first-order chi connectivity index (χ1) is 8.76. The normalized spacial score (nSPS) is 9.72. The van der Waals surface area contributed by atoms with E-state index in [-0.39, 0.29) is 0 Å². The fourth-order valence-corrected chi connectivity index (χ4v) is 2.62. The number of aromatic nitrogens is 1. The van der Waals surface area contributed by atoms with Crippen molar-refractivity contribution in [2.24, 2.45) is 4.99 Å². The molecule has 0 radical (unpaired) electrons. The molecule has 0 bridgehead atoms. The summed E-state index contributed by atoms with van der Waals surface area (Å²) in [4.78, 5) is 7.87. The van der Waals surface area contributed by atoms with Crippen LogP contribution in [0.15, 0.2) is 47.7 Å². The third-order valence-corrected chi connectivity index (χ3v) is 3.79. The Hall–Kier alpha value is -1.57. The first-order valence-electron chi connectivity index (χ1n) is 5.33. The minimum absolute atomic E-state index is 0.464. The van der Waals surface area contributed by atoms with E-state index in [0.717, 1.165) is 22.5 Å². The predicted molar refractivity (Wildman–Crippen MR) is 75.2 cm³/mol. The van der Waals surface area contributed by atoms with Gasteiger partial charge in [0.15, 0.2) is 0 Å². The summed E-state index contributed by atoms with van der Waals surface area (Å²) >= 11 is 0.626. The standard InChI is InChI=1S/C13H11N4.Tl/c1-16-10-2-3-12(14)11(8-10)13(15)9-4-6-17-7-5-9;/h2-8,14-15H,1H2;/q-1;+1. The Labute approximate surface area is 122 Å². The van der Waals surface area contributed by atoms with Crippen LogP contribution in [0.2, 0.25) is 0 Å². The summed E-state index contributed by atoms with van der Waals surface area (Å²) in [6, 6.07) is 9.36. The maximum atomic E-state index is 8.28. The van der Waals surface area contributed by atoms with E-state index >= 15 is 0 Å². The van der Waals surface area contributed by atoms with E-state index in [1.54, 1.807) is 12.4 Å². The van der Waals surface area contributed by atoms with E-state index in [1.807, 2.05) is 30.3 Å². The molecule has 18 heavy (non-hydrogen) atoms. The van der Waals surface area contributed by atoms with Gasteiger partial charge in [-0.05, 0) is 0 Å². The van der Waals surface area contributed by atoms with Crippen LogP contribution in [0, 0.1) is 5.41 Å². The van der Waals surface area contributed by atoms with Gasteiger partial charge in [0.2, 0.25) is 0 Å². The molecule has 0 saturated heterocycles.